The number of nitrogens with two attached hydrogens (primary N) is 1. The second kappa shape index (κ2) is 10.4. The number of ether oxygens (including phenoxy) is 2. The zero-order chi connectivity index (χ0) is 26.1. The van der Waals surface area contributed by atoms with Gasteiger partial charge < -0.3 is 34.6 Å². The standard InChI is InChI=1S/C19H34FN3O9P2/c1-6-9-19(20,7-2)34(28,29)30-11-12-15(32-18(3,4)33(5,26)27)14(24)16(31-12)23-10-8-13(21)22-17(23)25/h8,10,12,14-16,24H,6-7,9,11H2,1-5H3,(H,26,27)(H,28,29)(H2,21,22,25). The molecule has 0 bridgehead atoms. The molecule has 0 saturated carbocycles. The molecule has 1 aliphatic rings. The highest BCUT2D eigenvalue weighted by Gasteiger charge is 2.53. The van der Waals surface area contributed by atoms with Crippen molar-refractivity contribution in [2.45, 2.75) is 82.2 Å². The van der Waals surface area contributed by atoms with Gasteiger partial charge in [0.2, 0.25) is 12.8 Å². The van der Waals surface area contributed by atoms with Crippen molar-refractivity contribution in [1.82, 2.24) is 9.55 Å². The molecule has 5 N–H and O–H groups in total. The van der Waals surface area contributed by atoms with Crippen molar-refractivity contribution in [1.29, 1.82) is 0 Å². The average molecular weight is 529 g/mol. The smallest absolute Gasteiger partial charge is 0.365 e. The third-order valence-electron chi connectivity index (χ3n) is 5.95. The van der Waals surface area contributed by atoms with Crippen LogP contribution < -0.4 is 11.4 Å². The van der Waals surface area contributed by atoms with Crippen LogP contribution in [0.4, 0.5) is 10.2 Å². The summed E-state index contributed by atoms with van der Waals surface area (Å²) in [5.41, 5.74) is 4.64. The van der Waals surface area contributed by atoms with Crippen LogP contribution in [0.15, 0.2) is 17.1 Å². The summed E-state index contributed by atoms with van der Waals surface area (Å²) < 4.78 is 57.6. The Hall–Kier alpha value is -1.17. The fourth-order valence-corrected chi connectivity index (χ4v) is 5.27. The number of alkyl halides is 1. The summed E-state index contributed by atoms with van der Waals surface area (Å²) in [5.74, 6) is -0.0641. The predicted octanol–water partition coefficient (Wildman–Crippen LogP) is 2.18. The summed E-state index contributed by atoms with van der Waals surface area (Å²) in [4.78, 5) is 36.2. The van der Waals surface area contributed by atoms with Crippen molar-refractivity contribution in [2.24, 2.45) is 0 Å². The number of aliphatic hydroxyl groups excluding tert-OH is 1. The van der Waals surface area contributed by atoms with Crippen LogP contribution in [0.1, 0.15) is 53.2 Å². The largest absolute Gasteiger partial charge is 0.386 e. The van der Waals surface area contributed by atoms with Crippen molar-refractivity contribution in [3.63, 3.8) is 0 Å². The van der Waals surface area contributed by atoms with Gasteiger partial charge >= 0.3 is 13.3 Å². The zero-order valence-corrected chi connectivity index (χ0v) is 21.6. The molecule has 2 rings (SSSR count). The van der Waals surface area contributed by atoms with Crippen molar-refractivity contribution in [3.05, 3.63) is 22.7 Å². The van der Waals surface area contributed by atoms with Crippen molar-refractivity contribution in [3.8, 4) is 0 Å². The van der Waals surface area contributed by atoms with E-state index in [1.165, 1.54) is 33.0 Å². The van der Waals surface area contributed by atoms with Crippen LogP contribution in [-0.2, 0) is 23.1 Å². The summed E-state index contributed by atoms with van der Waals surface area (Å²) in [5, 5.41) is 6.75. The fourth-order valence-electron chi connectivity index (χ4n) is 3.47. The molecule has 1 aliphatic heterocycles. The molecule has 0 aromatic carbocycles. The second-order valence-corrected chi connectivity index (χ2v) is 13.8. The maximum atomic E-state index is 15.1. The summed E-state index contributed by atoms with van der Waals surface area (Å²) >= 11 is 0. The molecule has 7 unspecified atom stereocenters. The number of halogens is 1. The Morgan fingerprint density at radius 2 is 1.94 bits per heavy atom. The van der Waals surface area contributed by atoms with Gasteiger partial charge in [-0.15, -0.1) is 0 Å². The number of anilines is 1. The van der Waals surface area contributed by atoms with Crippen LogP contribution in [0.25, 0.3) is 0 Å². The second-order valence-electron chi connectivity index (χ2n) is 8.84. The molecule has 7 atom stereocenters. The van der Waals surface area contributed by atoms with Crippen LogP contribution >= 0.6 is 15.0 Å². The van der Waals surface area contributed by atoms with Crippen molar-refractivity contribution in [2.75, 3.05) is 19.0 Å². The Morgan fingerprint density at radius 1 is 1.32 bits per heavy atom. The Bertz CT molecular complexity index is 1020. The Labute approximate surface area is 197 Å². The number of hydrogen-bond donors (Lipinski definition) is 4. The summed E-state index contributed by atoms with van der Waals surface area (Å²) in [6, 6.07) is 1.29. The highest BCUT2D eigenvalue weighted by Crippen LogP contribution is 2.60. The maximum Gasteiger partial charge on any atom is 0.365 e. The van der Waals surface area contributed by atoms with E-state index in [0.29, 0.717) is 6.42 Å². The van der Waals surface area contributed by atoms with Gasteiger partial charge in [0.05, 0.1) is 6.61 Å². The first-order chi connectivity index (χ1) is 15.5. The lowest BCUT2D eigenvalue weighted by Crippen LogP contribution is -2.43. The minimum absolute atomic E-state index is 0.0641. The van der Waals surface area contributed by atoms with Gasteiger partial charge in [-0.05, 0) is 32.8 Å². The molecular weight excluding hydrogens is 495 g/mol. The highest BCUT2D eigenvalue weighted by molar-refractivity contribution is 7.58. The van der Waals surface area contributed by atoms with Crippen LogP contribution in [0, 0.1) is 0 Å². The van der Waals surface area contributed by atoms with Crippen LogP contribution in [-0.4, -0.2) is 66.8 Å². The van der Waals surface area contributed by atoms with E-state index in [9.17, 15) is 28.8 Å². The molecule has 15 heteroatoms. The number of hydrogen-bond acceptors (Lipinski definition) is 9. The molecule has 196 valence electrons. The Kier molecular flexibility index (Phi) is 8.92. The lowest BCUT2D eigenvalue weighted by molar-refractivity contribution is -0.0965. The summed E-state index contributed by atoms with van der Waals surface area (Å²) in [6.07, 6.45) is -4.62. The molecule has 34 heavy (non-hydrogen) atoms. The van der Waals surface area contributed by atoms with E-state index in [4.69, 9.17) is 19.7 Å². The third-order valence-corrected chi connectivity index (χ3v) is 10.1. The monoisotopic (exact) mass is 529 g/mol. The van der Waals surface area contributed by atoms with Crippen molar-refractivity contribution >= 4 is 20.8 Å². The first-order valence-electron chi connectivity index (χ1n) is 10.8. The van der Waals surface area contributed by atoms with Gasteiger partial charge in [-0.25, -0.2) is 9.18 Å². The summed E-state index contributed by atoms with van der Waals surface area (Å²) in [6.45, 7) is 6.09. The summed E-state index contributed by atoms with van der Waals surface area (Å²) in [7, 11) is -8.67. The minimum Gasteiger partial charge on any atom is -0.386 e. The molecule has 0 amide bonds. The van der Waals surface area contributed by atoms with Gasteiger partial charge in [-0.1, -0.05) is 20.3 Å². The van der Waals surface area contributed by atoms with E-state index in [0.717, 1.165) is 11.2 Å². The van der Waals surface area contributed by atoms with Gasteiger partial charge in [-0.3, -0.25) is 13.7 Å². The van der Waals surface area contributed by atoms with E-state index in [1.807, 2.05) is 0 Å². The molecule has 1 aromatic heterocycles. The highest BCUT2D eigenvalue weighted by atomic mass is 31.2. The van der Waals surface area contributed by atoms with E-state index in [1.54, 1.807) is 6.92 Å². The van der Waals surface area contributed by atoms with Gasteiger partial charge in [0.1, 0.15) is 29.5 Å². The normalized spacial score (nSPS) is 28.7. The molecule has 12 nitrogen and oxygen atoms in total. The first kappa shape index (κ1) is 29.1. The SMILES string of the molecule is CCCC(F)(CC)P(=O)(O)OCC1OC(n2ccc(N)nc2=O)C(O)C1OC(C)(C)P(C)(=O)O. The van der Waals surface area contributed by atoms with E-state index in [2.05, 4.69) is 4.98 Å². The van der Waals surface area contributed by atoms with Crippen molar-refractivity contribution < 1.29 is 42.4 Å². The number of nitrogens with zero attached hydrogens (tertiary/aromatic N) is 2. The average Bonchev–Trinajstić information content (AvgIpc) is 3.00. The van der Waals surface area contributed by atoms with E-state index < -0.39 is 62.6 Å². The lowest BCUT2D eigenvalue weighted by atomic mass is 10.1. The molecule has 1 saturated heterocycles. The topological polar surface area (TPSA) is 183 Å². The van der Waals surface area contributed by atoms with Crippen LogP contribution in [0.2, 0.25) is 0 Å². The van der Waals surface area contributed by atoms with Gasteiger partial charge in [0.15, 0.2) is 6.23 Å². The molecule has 0 aliphatic carbocycles. The maximum absolute atomic E-state index is 15.1. The van der Waals surface area contributed by atoms with Gasteiger partial charge in [0.25, 0.3) is 0 Å². The predicted molar refractivity (Wildman–Crippen MR) is 122 cm³/mol. The molecule has 0 radical (unpaired) electrons. The first-order valence-corrected chi connectivity index (χ1v) is 14.5. The van der Waals surface area contributed by atoms with Crippen LogP contribution in [0.3, 0.4) is 0 Å². The Morgan fingerprint density at radius 3 is 2.44 bits per heavy atom. The molecule has 0 spiro atoms. The fraction of sp³-hybridized carbons (Fsp3) is 0.789. The van der Waals surface area contributed by atoms with E-state index in [-0.39, 0.29) is 18.7 Å². The number of aromatic nitrogens is 2. The quantitative estimate of drug-likeness (QED) is 0.308. The minimum atomic E-state index is -4.81. The van der Waals surface area contributed by atoms with Gasteiger partial charge in [-0.2, -0.15) is 4.98 Å². The number of nitrogen functional groups attached to an aromatic ring is 1. The van der Waals surface area contributed by atoms with Gasteiger partial charge in [0, 0.05) is 12.9 Å². The third kappa shape index (κ3) is 5.96. The zero-order valence-electron chi connectivity index (χ0n) is 19.8. The number of rotatable bonds is 11. The van der Waals surface area contributed by atoms with E-state index >= 15 is 4.39 Å². The lowest BCUT2D eigenvalue weighted by Gasteiger charge is -2.34. The molecule has 1 fully saturated rings. The molecular formula is C19H34FN3O9P2. The van der Waals surface area contributed by atoms with Crippen LogP contribution in [0.5, 0.6) is 0 Å². The molecule has 2 heterocycles. The Balaban J connectivity index is 2.38. The molecule has 1 aromatic rings. The number of aliphatic hydroxyl groups is 1.